The molecule has 9 rings (SSSR count). The number of para-hydroxylation sites is 1. The van der Waals surface area contributed by atoms with Crippen molar-refractivity contribution >= 4 is 32.6 Å². The topological polar surface area (TPSA) is 52.5 Å². The van der Waals surface area contributed by atoms with Gasteiger partial charge in [-0.1, -0.05) is 91.0 Å². The van der Waals surface area contributed by atoms with Crippen molar-refractivity contribution in [3.8, 4) is 62.3 Å². The van der Waals surface area contributed by atoms with Crippen LogP contribution in [0.4, 0.5) is 0 Å². The summed E-state index contributed by atoms with van der Waals surface area (Å²) < 4.78 is 2.39. The number of aromatic nitrogens is 1. The molecular weight excluding hydrogens is 595 g/mol. The van der Waals surface area contributed by atoms with Gasteiger partial charge in [-0.05, 0) is 128 Å². The summed E-state index contributed by atoms with van der Waals surface area (Å²) in [6.07, 6.45) is 0. The third kappa shape index (κ3) is 4.82. The quantitative estimate of drug-likeness (QED) is 0.180. The fourth-order valence-electron chi connectivity index (χ4n) is 7.17. The predicted octanol–water partition coefficient (Wildman–Crippen LogP) is 11.8. The van der Waals surface area contributed by atoms with Crippen molar-refractivity contribution in [3.63, 3.8) is 0 Å². The van der Waals surface area contributed by atoms with E-state index >= 15 is 0 Å². The van der Waals surface area contributed by atoms with Gasteiger partial charge < -0.3 is 4.57 Å². The second-order valence-corrected chi connectivity index (χ2v) is 12.5. The van der Waals surface area contributed by atoms with Gasteiger partial charge in [0.15, 0.2) is 0 Å². The largest absolute Gasteiger partial charge is 0.309 e. The summed E-state index contributed by atoms with van der Waals surface area (Å²) in [5, 5.41) is 23.8. The maximum Gasteiger partial charge on any atom is 0.0991 e. The summed E-state index contributed by atoms with van der Waals surface area (Å²) in [5.41, 5.74) is 13.6. The van der Waals surface area contributed by atoms with Crippen LogP contribution in [-0.2, 0) is 0 Å². The molecule has 9 aromatic rings. The molecule has 1 aromatic heterocycles. The van der Waals surface area contributed by atoms with Crippen molar-refractivity contribution in [2.75, 3.05) is 0 Å². The number of nitriles is 2. The normalized spacial score (nSPS) is 11.2. The van der Waals surface area contributed by atoms with Crippen LogP contribution in [0.2, 0.25) is 0 Å². The van der Waals surface area contributed by atoms with Gasteiger partial charge >= 0.3 is 0 Å². The van der Waals surface area contributed by atoms with Crippen molar-refractivity contribution in [1.82, 2.24) is 4.57 Å². The van der Waals surface area contributed by atoms with E-state index in [0.717, 1.165) is 44.6 Å². The average Bonchev–Trinajstić information content (AvgIpc) is 3.52. The van der Waals surface area contributed by atoms with E-state index in [-0.39, 0.29) is 0 Å². The molecule has 0 N–H and O–H groups in total. The molecular formula is C46H27N3. The van der Waals surface area contributed by atoms with E-state index in [2.05, 4.69) is 132 Å². The molecule has 49 heavy (non-hydrogen) atoms. The van der Waals surface area contributed by atoms with E-state index < -0.39 is 0 Å². The first-order valence-electron chi connectivity index (χ1n) is 16.3. The molecule has 0 fully saturated rings. The number of nitrogens with zero attached hydrogens (tertiary/aromatic N) is 3. The Bertz CT molecular complexity index is 2660. The second kappa shape index (κ2) is 11.4. The minimum Gasteiger partial charge on any atom is -0.309 e. The van der Waals surface area contributed by atoms with Gasteiger partial charge in [-0.25, -0.2) is 0 Å². The van der Waals surface area contributed by atoms with Crippen LogP contribution < -0.4 is 0 Å². The summed E-state index contributed by atoms with van der Waals surface area (Å²) in [4.78, 5) is 0. The molecule has 0 radical (unpaired) electrons. The lowest BCUT2D eigenvalue weighted by molar-refractivity contribution is 1.18. The van der Waals surface area contributed by atoms with Crippen LogP contribution in [0.5, 0.6) is 0 Å². The van der Waals surface area contributed by atoms with Gasteiger partial charge in [-0.15, -0.1) is 0 Å². The highest BCUT2D eigenvalue weighted by atomic mass is 15.0. The molecule has 0 unspecified atom stereocenters. The summed E-state index contributed by atoms with van der Waals surface area (Å²) >= 11 is 0. The van der Waals surface area contributed by atoms with Gasteiger partial charge in [0.05, 0.1) is 34.3 Å². The highest BCUT2D eigenvalue weighted by Gasteiger charge is 2.18. The van der Waals surface area contributed by atoms with Crippen LogP contribution in [0.25, 0.3) is 82.8 Å². The number of hydrogen-bond acceptors (Lipinski definition) is 2. The van der Waals surface area contributed by atoms with Crippen LogP contribution >= 0.6 is 0 Å². The van der Waals surface area contributed by atoms with Crippen LogP contribution in [0.3, 0.4) is 0 Å². The van der Waals surface area contributed by atoms with Gasteiger partial charge in [-0.2, -0.15) is 10.5 Å². The van der Waals surface area contributed by atoms with Crippen molar-refractivity contribution in [2.24, 2.45) is 0 Å². The first-order chi connectivity index (χ1) is 24.2. The lowest BCUT2D eigenvalue weighted by Gasteiger charge is -2.13. The summed E-state index contributed by atoms with van der Waals surface area (Å²) in [5.74, 6) is 0. The molecule has 0 atom stereocenters. The van der Waals surface area contributed by atoms with E-state index in [1.54, 1.807) is 0 Å². The molecule has 0 aliphatic heterocycles. The van der Waals surface area contributed by atoms with Crippen molar-refractivity contribution in [3.05, 3.63) is 175 Å². The first-order valence-corrected chi connectivity index (χ1v) is 16.3. The van der Waals surface area contributed by atoms with Crippen LogP contribution in [0.15, 0.2) is 164 Å². The lowest BCUT2D eigenvalue weighted by atomic mass is 9.92. The van der Waals surface area contributed by atoms with Gasteiger partial charge in [0.1, 0.15) is 0 Å². The summed E-state index contributed by atoms with van der Waals surface area (Å²) in [6.45, 7) is 0. The maximum absolute atomic E-state index is 9.34. The fraction of sp³-hybridized carbons (Fsp3) is 0. The average molecular weight is 622 g/mol. The minimum atomic E-state index is 0.634. The highest BCUT2D eigenvalue weighted by Crippen LogP contribution is 2.41. The summed E-state index contributed by atoms with van der Waals surface area (Å²) in [7, 11) is 0. The smallest absolute Gasteiger partial charge is 0.0991 e. The zero-order valence-corrected chi connectivity index (χ0v) is 26.4. The molecule has 1 heterocycles. The standard InChI is InChI=1S/C46H27N3/c47-28-30-9-13-32(14-10-30)38-24-39(33-15-11-31(29-48)12-16-33)26-40(25-38)34-17-19-35(20-18-34)41-23-37-22-21-36-5-4-8-43-45(36)46(37)44(27-41)49(43)42-6-2-1-3-7-42/h1-27H. The van der Waals surface area contributed by atoms with E-state index in [0.29, 0.717) is 11.1 Å². The Morgan fingerprint density at radius 1 is 0.347 bits per heavy atom. The maximum atomic E-state index is 9.34. The Balaban J connectivity index is 1.17. The zero-order chi connectivity index (χ0) is 32.9. The van der Waals surface area contributed by atoms with Gasteiger partial charge in [0.25, 0.3) is 0 Å². The minimum absolute atomic E-state index is 0.634. The zero-order valence-electron chi connectivity index (χ0n) is 26.4. The van der Waals surface area contributed by atoms with E-state index in [1.165, 1.54) is 38.1 Å². The number of hydrogen-bond donors (Lipinski definition) is 0. The lowest BCUT2D eigenvalue weighted by Crippen LogP contribution is -1.93. The molecule has 0 saturated heterocycles. The molecule has 226 valence electrons. The Kier molecular flexibility index (Phi) is 6.58. The van der Waals surface area contributed by atoms with Crippen molar-refractivity contribution in [2.45, 2.75) is 0 Å². The fourth-order valence-corrected chi connectivity index (χ4v) is 7.17. The monoisotopic (exact) mass is 621 g/mol. The van der Waals surface area contributed by atoms with Crippen molar-refractivity contribution < 1.29 is 0 Å². The van der Waals surface area contributed by atoms with Gasteiger partial charge in [0, 0.05) is 16.5 Å². The van der Waals surface area contributed by atoms with Crippen molar-refractivity contribution in [1.29, 1.82) is 10.5 Å². The van der Waals surface area contributed by atoms with E-state index in [9.17, 15) is 10.5 Å². The number of benzene rings is 8. The van der Waals surface area contributed by atoms with Crippen LogP contribution in [0.1, 0.15) is 11.1 Å². The molecule has 8 aromatic carbocycles. The third-order valence-electron chi connectivity index (χ3n) is 9.59. The molecule has 0 saturated carbocycles. The van der Waals surface area contributed by atoms with Crippen LogP contribution in [-0.4, -0.2) is 4.57 Å². The Morgan fingerprint density at radius 2 is 0.816 bits per heavy atom. The Labute approximate surface area is 284 Å². The first kappa shape index (κ1) is 28.3. The van der Waals surface area contributed by atoms with E-state index in [4.69, 9.17) is 0 Å². The summed E-state index contributed by atoms with van der Waals surface area (Å²) in [6, 6.07) is 61.6. The molecule has 0 amide bonds. The number of rotatable bonds is 5. The third-order valence-corrected chi connectivity index (χ3v) is 9.59. The highest BCUT2D eigenvalue weighted by molar-refractivity contribution is 6.25. The molecule has 3 heteroatoms. The molecule has 3 nitrogen and oxygen atoms in total. The predicted molar refractivity (Wildman–Crippen MR) is 201 cm³/mol. The van der Waals surface area contributed by atoms with Gasteiger partial charge in [0.2, 0.25) is 0 Å². The van der Waals surface area contributed by atoms with Gasteiger partial charge in [-0.3, -0.25) is 0 Å². The molecule has 0 aliphatic carbocycles. The SMILES string of the molecule is N#Cc1ccc(-c2cc(-c3ccc(C#N)cc3)cc(-c3ccc(-c4cc5ccc6cccc7c6c5c(c4)n7-c4ccccc4)cc3)c2)cc1. The Morgan fingerprint density at radius 3 is 1.35 bits per heavy atom. The molecule has 0 spiro atoms. The second-order valence-electron chi connectivity index (χ2n) is 12.5. The molecule has 0 bridgehead atoms. The van der Waals surface area contributed by atoms with E-state index in [1.807, 2.05) is 48.5 Å². The Hall–Kier alpha value is -6.94. The molecule has 0 aliphatic rings. The van der Waals surface area contributed by atoms with Crippen LogP contribution in [0, 0.1) is 22.7 Å².